The van der Waals surface area contributed by atoms with Crippen molar-refractivity contribution in [3.8, 4) is 0 Å². The van der Waals surface area contributed by atoms with Gasteiger partial charge < -0.3 is 4.90 Å². The average molecular weight is 391 g/mol. The Morgan fingerprint density at radius 1 is 0.897 bits per heavy atom. The molecule has 1 fully saturated rings. The Balaban J connectivity index is 1.46. The van der Waals surface area contributed by atoms with Gasteiger partial charge in [0.15, 0.2) is 0 Å². The molecule has 0 aromatic heterocycles. The molecule has 0 radical (unpaired) electrons. The molecular weight excluding hydrogens is 352 g/mol. The fourth-order valence-corrected chi connectivity index (χ4v) is 6.02. The molecule has 1 unspecified atom stereocenters. The van der Waals surface area contributed by atoms with Gasteiger partial charge in [0, 0.05) is 24.5 Å². The predicted octanol–water partition coefficient (Wildman–Crippen LogP) is 5.75. The molecule has 2 nitrogen and oxygen atoms in total. The van der Waals surface area contributed by atoms with Crippen molar-refractivity contribution in [2.24, 2.45) is 5.92 Å². The van der Waals surface area contributed by atoms with Crippen molar-refractivity contribution < 1.29 is 0 Å². The highest BCUT2D eigenvalue weighted by Gasteiger charge is 2.43. The van der Waals surface area contributed by atoms with Crippen molar-refractivity contribution in [3.05, 3.63) is 71.3 Å². The molecule has 2 heteroatoms. The van der Waals surface area contributed by atoms with E-state index in [4.69, 9.17) is 0 Å². The molecule has 1 heterocycles. The molecular formula is C27H38N2. The predicted molar refractivity (Wildman–Crippen MR) is 124 cm³/mol. The smallest absolute Gasteiger partial charge is 0.0138 e. The first kappa shape index (κ1) is 20.6. The molecule has 1 saturated heterocycles. The van der Waals surface area contributed by atoms with E-state index in [1.807, 2.05) is 0 Å². The first-order valence-electron chi connectivity index (χ1n) is 11.7. The fraction of sp³-hybridized carbons (Fsp3) is 0.556. The molecule has 0 amide bonds. The molecule has 156 valence electrons. The number of nitrogens with zero attached hydrogens (tertiary/aromatic N) is 2. The van der Waals surface area contributed by atoms with Gasteiger partial charge in [0.05, 0.1) is 0 Å². The molecule has 1 aliphatic carbocycles. The zero-order valence-corrected chi connectivity index (χ0v) is 18.7. The second-order valence-electron chi connectivity index (χ2n) is 9.66. The first-order valence-corrected chi connectivity index (χ1v) is 11.7. The lowest BCUT2D eigenvalue weighted by molar-refractivity contribution is 0.129. The molecule has 29 heavy (non-hydrogen) atoms. The lowest BCUT2D eigenvalue weighted by Crippen LogP contribution is -2.42. The Hall–Kier alpha value is -1.64. The molecule has 3 atom stereocenters. The molecule has 1 aliphatic heterocycles. The van der Waals surface area contributed by atoms with E-state index < -0.39 is 0 Å². The number of fused-ring (bicyclic) bond motifs is 3. The van der Waals surface area contributed by atoms with Crippen LogP contribution >= 0.6 is 0 Å². The van der Waals surface area contributed by atoms with Crippen LogP contribution in [0.4, 0.5) is 0 Å². The largest absolute Gasteiger partial charge is 0.303 e. The fourth-order valence-electron chi connectivity index (χ4n) is 6.02. The van der Waals surface area contributed by atoms with Crippen LogP contribution in [0.5, 0.6) is 0 Å². The summed E-state index contributed by atoms with van der Waals surface area (Å²) in [4.78, 5) is 5.38. The van der Waals surface area contributed by atoms with Gasteiger partial charge in [0.2, 0.25) is 0 Å². The highest BCUT2D eigenvalue weighted by atomic mass is 15.2. The summed E-state index contributed by atoms with van der Waals surface area (Å²) < 4.78 is 0. The van der Waals surface area contributed by atoms with E-state index in [0.717, 1.165) is 11.8 Å². The van der Waals surface area contributed by atoms with Gasteiger partial charge in [-0.25, -0.2) is 0 Å². The highest BCUT2D eigenvalue weighted by Crippen LogP contribution is 2.52. The summed E-state index contributed by atoms with van der Waals surface area (Å²) in [6.45, 7) is 14.2. The summed E-state index contributed by atoms with van der Waals surface area (Å²) in [5.74, 6) is 2.01. The number of hydrogen-bond donors (Lipinski definition) is 0. The Kier molecular flexibility index (Phi) is 6.41. The standard InChI is InChI=1S/C27H38N2/c1-20(2)29(21(3)4)17-10-16-28-18-15-24-23-13-8-9-14-25(23)27(26(24)19-28)22-11-6-5-7-12-22/h5-9,11-14,20-21,24,26-27H,10,15-19H2,1-4H3/t24-,26-,27?/m0/s1. The third-order valence-electron chi connectivity index (χ3n) is 7.28. The third-order valence-corrected chi connectivity index (χ3v) is 7.28. The van der Waals surface area contributed by atoms with E-state index in [9.17, 15) is 0 Å². The molecule has 0 bridgehead atoms. The van der Waals surface area contributed by atoms with Crippen LogP contribution in [0.3, 0.4) is 0 Å². The van der Waals surface area contributed by atoms with Crippen LogP contribution in [0.25, 0.3) is 0 Å². The van der Waals surface area contributed by atoms with Crippen LogP contribution in [0.2, 0.25) is 0 Å². The first-order chi connectivity index (χ1) is 14.1. The van der Waals surface area contributed by atoms with Crippen molar-refractivity contribution in [1.29, 1.82) is 0 Å². The quantitative estimate of drug-likeness (QED) is 0.594. The molecule has 4 rings (SSSR count). The van der Waals surface area contributed by atoms with Crippen LogP contribution in [0.1, 0.15) is 69.1 Å². The summed E-state index contributed by atoms with van der Waals surface area (Å²) in [6, 6.07) is 21.8. The Bertz CT molecular complexity index is 774. The van der Waals surface area contributed by atoms with Gasteiger partial charge in [-0.2, -0.15) is 0 Å². The molecule has 0 spiro atoms. The topological polar surface area (TPSA) is 6.48 Å². The van der Waals surface area contributed by atoms with Gasteiger partial charge in [-0.15, -0.1) is 0 Å². The van der Waals surface area contributed by atoms with Crippen LogP contribution in [0.15, 0.2) is 54.6 Å². The minimum absolute atomic E-state index is 0.558. The van der Waals surface area contributed by atoms with Crippen LogP contribution < -0.4 is 0 Å². The van der Waals surface area contributed by atoms with Gasteiger partial charge in [0.25, 0.3) is 0 Å². The second kappa shape index (κ2) is 9.02. The number of rotatable bonds is 7. The van der Waals surface area contributed by atoms with Gasteiger partial charge in [-0.1, -0.05) is 54.6 Å². The van der Waals surface area contributed by atoms with E-state index in [-0.39, 0.29) is 0 Å². The van der Waals surface area contributed by atoms with E-state index in [2.05, 4.69) is 92.1 Å². The van der Waals surface area contributed by atoms with Crippen molar-refractivity contribution in [1.82, 2.24) is 9.80 Å². The van der Waals surface area contributed by atoms with Crippen LogP contribution in [0, 0.1) is 5.92 Å². The van der Waals surface area contributed by atoms with Crippen molar-refractivity contribution in [2.75, 3.05) is 26.2 Å². The number of likely N-dealkylation sites (tertiary alicyclic amines) is 1. The van der Waals surface area contributed by atoms with Crippen LogP contribution in [-0.2, 0) is 0 Å². The summed E-state index contributed by atoms with van der Waals surface area (Å²) in [5, 5.41) is 0. The summed E-state index contributed by atoms with van der Waals surface area (Å²) in [7, 11) is 0. The maximum atomic E-state index is 2.75. The third kappa shape index (κ3) is 4.29. The summed E-state index contributed by atoms with van der Waals surface area (Å²) in [6.07, 6.45) is 2.58. The summed E-state index contributed by atoms with van der Waals surface area (Å²) in [5.41, 5.74) is 4.71. The molecule has 2 aromatic rings. The van der Waals surface area contributed by atoms with Gasteiger partial charge >= 0.3 is 0 Å². The van der Waals surface area contributed by atoms with E-state index >= 15 is 0 Å². The second-order valence-corrected chi connectivity index (χ2v) is 9.66. The number of piperidine rings is 1. The molecule has 2 aliphatic rings. The maximum Gasteiger partial charge on any atom is 0.0138 e. The molecule has 0 saturated carbocycles. The van der Waals surface area contributed by atoms with E-state index in [0.29, 0.717) is 18.0 Å². The average Bonchev–Trinajstić information content (AvgIpc) is 3.05. The normalized spacial score (nSPS) is 24.3. The van der Waals surface area contributed by atoms with Gasteiger partial charge in [-0.05, 0) is 88.7 Å². The van der Waals surface area contributed by atoms with E-state index in [1.165, 1.54) is 44.6 Å². The Morgan fingerprint density at radius 2 is 1.55 bits per heavy atom. The number of benzene rings is 2. The molecule has 2 aromatic carbocycles. The lowest BCUT2D eigenvalue weighted by atomic mass is 9.79. The van der Waals surface area contributed by atoms with Crippen LogP contribution in [-0.4, -0.2) is 48.1 Å². The molecule has 0 N–H and O–H groups in total. The minimum Gasteiger partial charge on any atom is -0.303 e. The van der Waals surface area contributed by atoms with Crippen molar-refractivity contribution in [2.45, 2.75) is 64.5 Å². The zero-order valence-electron chi connectivity index (χ0n) is 18.7. The Labute approximate surface area is 177 Å². The zero-order chi connectivity index (χ0) is 20.4. The Morgan fingerprint density at radius 3 is 2.24 bits per heavy atom. The van der Waals surface area contributed by atoms with Crippen molar-refractivity contribution >= 4 is 0 Å². The van der Waals surface area contributed by atoms with Gasteiger partial charge in [0.1, 0.15) is 0 Å². The van der Waals surface area contributed by atoms with Gasteiger partial charge in [-0.3, -0.25) is 4.90 Å². The lowest BCUT2D eigenvalue weighted by Gasteiger charge is -2.38. The monoisotopic (exact) mass is 390 g/mol. The minimum atomic E-state index is 0.558. The summed E-state index contributed by atoms with van der Waals surface area (Å²) >= 11 is 0. The van der Waals surface area contributed by atoms with E-state index in [1.54, 1.807) is 11.1 Å². The SMILES string of the molecule is CC(C)N(CCCN1CC[C@H]2c3ccccc3C(c3ccccc3)[C@H]2C1)C(C)C. The van der Waals surface area contributed by atoms with Crippen molar-refractivity contribution in [3.63, 3.8) is 0 Å². The maximum absolute atomic E-state index is 2.75. The number of hydrogen-bond acceptors (Lipinski definition) is 2. The highest BCUT2D eigenvalue weighted by molar-refractivity contribution is 5.46.